The van der Waals surface area contributed by atoms with Gasteiger partial charge in [0.15, 0.2) is 0 Å². The minimum absolute atomic E-state index is 0.770. The van der Waals surface area contributed by atoms with E-state index in [1.54, 1.807) is 0 Å². The van der Waals surface area contributed by atoms with Gasteiger partial charge in [-0.1, -0.05) is 0 Å². The van der Waals surface area contributed by atoms with Crippen molar-refractivity contribution in [2.75, 3.05) is 0 Å². The van der Waals surface area contributed by atoms with Gasteiger partial charge in [-0.05, 0) is 0 Å². The molecule has 0 aliphatic heterocycles. The zero-order chi connectivity index (χ0) is 6.24. The molecule has 1 aromatic carbocycles. The molecule has 0 fully saturated rings. The van der Waals surface area contributed by atoms with Gasteiger partial charge in [0.25, 0.3) is 0 Å². The summed E-state index contributed by atoms with van der Waals surface area (Å²) in [6.45, 7) is 0. The van der Waals surface area contributed by atoms with Crippen molar-refractivity contribution in [1.82, 2.24) is 0 Å². The Morgan fingerprint density at radius 1 is 1.12 bits per heavy atom. The van der Waals surface area contributed by atoms with Crippen molar-refractivity contribution in [3.05, 3.63) is 30.3 Å². The van der Waals surface area contributed by atoms with Crippen LogP contribution in [0.1, 0.15) is 0 Å². The van der Waals surface area contributed by atoms with Crippen molar-refractivity contribution >= 4 is 39.5 Å². The van der Waals surface area contributed by atoms with Gasteiger partial charge in [-0.3, -0.25) is 0 Å². The summed E-state index contributed by atoms with van der Waals surface area (Å²) in [5.41, 5.74) is 0. The number of hydrogen-bond acceptors (Lipinski definition) is 0. The zero-order valence-corrected chi connectivity index (χ0v) is 9.93. The summed E-state index contributed by atoms with van der Waals surface area (Å²) < 4.78 is 0. The SMILES string of the molecule is [I][Rh+][I].c1cc[cH-]c1. The predicted molar refractivity (Wildman–Crippen MR) is 50.1 cm³/mol. The summed E-state index contributed by atoms with van der Waals surface area (Å²) in [5.74, 6) is 0. The van der Waals surface area contributed by atoms with Crippen LogP contribution in [0, 0.1) is 0 Å². The van der Waals surface area contributed by atoms with E-state index in [0.29, 0.717) is 0 Å². The van der Waals surface area contributed by atoms with Crippen LogP contribution in [0.25, 0.3) is 0 Å². The largest absolute Gasteiger partial charge is 0.214 e. The summed E-state index contributed by atoms with van der Waals surface area (Å²) >= 11 is 4.69. The van der Waals surface area contributed by atoms with E-state index in [9.17, 15) is 0 Å². The summed E-state index contributed by atoms with van der Waals surface area (Å²) in [6.07, 6.45) is 0. The van der Waals surface area contributed by atoms with Crippen LogP contribution in [-0.4, -0.2) is 0 Å². The Labute approximate surface area is 78.8 Å². The van der Waals surface area contributed by atoms with Gasteiger partial charge < -0.3 is 0 Å². The molecule has 0 saturated carbocycles. The summed E-state index contributed by atoms with van der Waals surface area (Å²) in [4.78, 5) is 0. The summed E-state index contributed by atoms with van der Waals surface area (Å²) in [5, 5.41) is 0. The van der Waals surface area contributed by atoms with E-state index < -0.39 is 0 Å². The molecule has 48 valence electrons. The number of hydrogen-bond donors (Lipinski definition) is 0. The van der Waals surface area contributed by atoms with Crippen molar-refractivity contribution in [1.29, 1.82) is 0 Å². The van der Waals surface area contributed by atoms with Crippen molar-refractivity contribution < 1.29 is 10.1 Å². The molecule has 0 spiro atoms. The van der Waals surface area contributed by atoms with Crippen LogP contribution in [-0.2, 0) is 10.1 Å². The second-order valence-electron chi connectivity index (χ2n) is 1.01. The van der Waals surface area contributed by atoms with Crippen molar-refractivity contribution in [3.8, 4) is 0 Å². The predicted octanol–water partition coefficient (Wildman–Crippen LogP) is 3.17. The van der Waals surface area contributed by atoms with Gasteiger partial charge in [0.05, 0.1) is 0 Å². The molecule has 0 saturated heterocycles. The first-order valence-corrected chi connectivity index (χ1v) is 11.7. The fraction of sp³-hybridized carbons (Fsp3) is 0. The molecule has 0 amide bonds. The monoisotopic (exact) mass is 422 g/mol. The molecule has 0 unspecified atom stereocenters. The minimum atomic E-state index is 0.770. The average Bonchev–Trinajstić information content (AvgIpc) is 2.17. The fourth-order valence-electron chi connectivity index (χ4n) is 0.321. The maximum absolute atomic E-state index is 2.35. The number of rotatable bonds is 0. The van der Waals surface area contributed by atoms with Gasteiger partial charge in [-0.25, -0.2) is 12.1 Å². The molecule has 1 rings (SSSR count). The van der Waals surface area contributed by atoms with Crippen LogP contribution in [0.2, 0.25) is 0 Å². The van der Waals surface area contributed by atoms with E-state index in [0.717, 1.165) is 10.1 Å². The molecular weight excluding hydrogens is 417 g/mol. The van der Waals surface area contributed by atoms with Crippen molar-refractivity contribution in [3.63, 3.8) is 0 Å². The minimum Gasteiger partial charge on any atom is -0.214 e. The van der Waals surface area contributed by atoms with E-state index in [1.807, 2.05) is 30.3 Å². The quantitative estimate of drug-likeness (QED) is 0.343. The maximum Gasteiger partial charge on any atom is -0.172 e. The standard InChI is InChI=1S/C5H5.2HI.Rh/c1-2-4-5-3-1;;;/h1-5H;2*1H;/q-1;;;+3/p-2. The van der Waals surface area contributed by atoms with Gasteiger partial charge in [0, 0.05) is 0 Å². The second-order valence-corrected chi connectivity index (χ2v) is 13.6. The first-order valence-electron chi connectivity index (χ1n) is 1.92. The smallest absolute Gasteiger partial charge is 0.172 e. The molecule has 3 heteroatoms. The molecule has 0 bridgehead atoms. The normalized spacial score (nSPS) is 7.75. The van der Waals surface area contributed by atoms with Gasteiger partial charge in [-0.15, -0.1) is 0 Å². The van der Waals surface area contributed by atoms with E-state index in [4.69, 9.17) is 0 Å². The van der Waals surface area contributed by atoms with E-state index >= 15 is 0 Å². The molecule has 0 nitrogen and oxygen atoms in total. The zero-order valence-electron chi connectivity index (χ0n) is 3.98. The Hall–Kier alpha value is 1.43. The van der Waals surface area contributed by atoms with Crippen LogP contribution in [0.4, 0.5) is 0 Å². The molecule has 0 N–H and O–H groups in total. The summed E-state index contributed by atoms with van der Waals surface area (Å²) in [6, 6.07) is 10.0. The third-order valence-electron chi connectivity index (χ3n) is 0.556. The van der Waals surface area contributed by atoms with Crippen molar-refractivity contribution in [2.45, 2.75) is 0 Å². The Morgan fingerprint density at radius 2 is 1.50 bits per heavy atom. The van der Waals surface area contributed by atoms with Gasteiger partial charge in [-0.2, -0.15) is 18.2 Å². The Morgan fingerprint density at radius 3 is 1.62 bits per heavy atom. The van der Waals surface area contributed by atoms with Crippen molar-refractivity contribution in [2.24, 2.45) is 0 Å². The second kappa shape index (κ2) is 8.43. The summed E-state index contributed by atoms with van der Waals surface area (Å²) in [7, 11) is 0.770. The molecule has 1 aromatic rings. The third kappa shape index (κ3) is 7.43. The fourth-order valence-corrected chi connectivity index (χ4v) is 0.321. The molecule has 0 atom stereocenters. The molecular formula is C5H5I2Rh. The van der Waals surface area contributed by atoms with Crippen LogP contribution in [0.3, 0.4) is 0 Å². The number of halogens is 2. The first kappa shape index (κ1) is 9.43. The molecule has 0 aromatic heterocycles. The van der Waals surface area contributed by atoms with Crippen LogP contribution < -0.4 is 0 Å². The Balaban J connectivity index is 0.000000145. The maximum atomic E-state index is 2.35. The van der Waals surface area contributed by atoms with Gasteiger partial charge in [0.1, 0.15) is 0 Å². The average molecular weight is 422 g/mol. The Bertz CT molecular complexity index is 77.3. The molecule has 0 radical (unpaired) electrons. The topological polar surface area (TPSA) is 0 Å². The van der Waals surface area contributed by atoms with Gasteiger partial charge >= 0.3 is 49.6 Å². The molecule has 8 heavy (non-hydrogen) atoms. The van der Waals surface area contributed by atoms with E-state index in [-0.39, 0.29) is 0 Å². The molecule has 0 aliphatic carbocycles. The van der Waals surface area contributed by atoms with Crippen LogP contribution >= 0.6 is 39.5 Å². The van der Waals surface area contributed by atoms with Gasteiger partial charge in [0.2, 0.25) is 0 Å². The first-order chi connectivity index (χ1) is 3.91. The third-order valence-corrected chi connectivity index (χ3v) is 0.556. The molecule has 0 aliphatic rings. The van der Waals surface area contributed by atoms with E-state index in [2.05, 4.69) is 39.5 Å². The Kier molecular flexibility index (Phi) is 9.94. The van der Waals surface area contributed by atoms with E-state index in [1.165, 1.54) is 0 Å². The van der Waals surface area contributed by atoms with Crippen LogP contribution in [0.5, 0.6) is 0 Å². The van der Waals surface area contributed by atoms with Crippen LogP contribution in [0.15, 0.2) is 30.3 Å². The molecule has 0 heterocycles.